The highest BCUT2D eigenvalue weighted by atomic mass is 16.2. The average Bonchev–Trinajstić information content (AvgIpc) is 2.56. The molecule has 8 bridgehead atoms. The molecule has 0 radical (unpaired) electrons. The number of rotatable bonds is 4. The molecule has 4 heteroatoms. The van der Waals surface area contributed by atoms with Gasteiger partial charge >= 0.3 is 0 Å². The van der Waals surface area contributed by atoms with E-state index >= 15 is 0 Å². The Kier molecular flexibility index (Phi) is 3.61. The summed E-state index contributed by atoms with van der Waals surface area (Å²) in [7, 11) is 0. The monoisotopic (exact) mass is 406 g/mol. The number of nitrogens with one attached hydrogen (secondary N) is 2. The molecule has 0 unspecified atom stereocenters. The molecule has 8 fully saturated rings. The first-order chi connectivity index (χ1) is 14.4. The fourth-order valence-corrected chi connectivity index (χ4v) is 9.74. The Morgan fingerprint density at radius 2 is 0.833 bits per heavy atom. The molecule has 2 amide bonds. The van der Waals surface area contributed by atoms with Crippen LogP contribution in [0.15, 0.2) is 23.3 Å². The largest absolute Gasteiger partial charge is 0.347 e. The van der Waals surface area contributed by atoms with Crippen molar-refractivity contribution in [2.45, 2.75) is 88.1 Å². The minimum Gasteiger partial charge on any atom is -0.347 e. The zero-order chi connectivity index (χ0) is 20.1. The van der Waals surface area contributed by atoms with Crippen molar-refractivity contribution >= 4 is 11.8 Å². The van der Waals surface area contributed by atoms with Crippen LogP contribution in [0.5, 0.6) is 0 Å². The predicted octanol–water partition coefficient (Wildman–Crippen LogP) is 4.02. The maximum Gasteiger partial charge on any atom is 0.251 e. The summed E-state index contributed by atoms with van der Waals surface area (Å²) >= 11 is 0. The highest BCUT2D eigenvalue weighted by molar-refractivity contribution is 6.08. The third kappa shape index (κ3) is 2.78. The van der Waals surface area contributed by atoms with Crippen LogP contribution in [0.2, 0.25) is 0 Å². The Labute approximate surface area is 179 Å². The van der Waals surface area contributed by atoms with Gasteiger partial charge in [0.1, 0.15) is 0 Å². The molecule has 0 atom stereocenters. The topological polar surface area (TPSA) is 58.2 Å². The van der Waals surface area contributed by atoms with E-state index in [1.807, 2.05) is 12.2 Å². The molecule has 8 saturated carbocycles. The molecule has 9 aliphatic carbocycles. The number of amides is 2. The molecule has 0 heterocycles. The Balaban J connectivity index is 0.993. The lowest BCUT2D eigenvalue weighted by atomic mass is 9.53. The van der Waals surface area contributed by atoms with E-state index in [-0.39, 0.29) is 22.9 Å². The fraction of sp³-hybridized carbons (Fsp3) is 0.769. The molecule has 4 nitrogen and oxygen atoms in total. The number of carbonyl (C=O) groups excluding carboxylic acids is 2. The van der Waals surface area contributed by atoms with Gasteiger partial charge in [0.15, 0.2) is 0 Å². The summed E-state index contributed by atoms with van der Waals surface area (Å²) in [6.07, 6.45) is 18.9. The normalized spacial score (nSPS) is 49.3. The molecule has 2 N–H and O–H groups in total. The van der Waals surface area contributed by atoms with Crippen molar-refractivity contribution in [1.29, 1.82) is 0 Å². The van der Waals surface area contributed by atoms with E-state index in [0.29, 0.717) is 11.1 Å². The second-order valence-corrected chi connectivity index (χ2v) is 12.5. The van der Waals surface area contributed by atoms with Gasteiger partial charge < -0.3 is 10.6 Å². The first-order valence-corrected chi connectivity index (χ1v) is 12.5. The van der Waals surface area contributed by atoms with Crippen LogP contribution in [0.1, 0.15) is 77.0 Å². The van der Waals surface area contributed by atoms with Gasteiger partial charge in [0.2, 0.25) is 0 Å². The summed E-state index contributed by atoms with van der Waals surface area (Å²) in [5, 5.41) is 6.86. The van der Waals surface area contributed by atoms with Crippen LogP contribution in [-0.2, 0) is 9.59 Å². The summed E-state index contributed by atoms with van der Waals surface area (Å²) in [4.78, 5) is 25.9. The number of hydrogen-bond donors (Lipinski definition) is 2. The quantitative estimate of drug-likeness (QED) is 0.741. The molecule has 9 rings (SSSR count). The maximum atomic E-state index is 12.9. The predicted molar refractivity (Wildman–Crippen MR) is 114 cm³/mol. The fourth-order valence-electron chi connectivity index (χ4n) is 9.74. The molecular weight excluding hydrogens is 372 g/mol. The van der Waals surface area contributed by atoms with Crippen LogP contribution in [0.25, 0.3) is 0 Å². The second kappa shape index (κ2) is 6.01. The van der Waals surface area contributed by atoms with Crippen LogP contribution in [0.4, 0.5) is 0 Å². The van der Waals surface area contributed by atoms with Gasteiger partial charge in [-0.25, -0.2) is 0 Å². The van der Waals surface area contributed by atoms with Crippen molar-refractivity contribution in [1.82, 2.24) is 10.6 Å². The SMILES string of the molecule is O=C(NC12CC3CC(CC(C3)C1)C2)C1=CC(C(=O)NC23CC4CC(CC(C4)C2)C3)=C1. The van der Waals surface area contributed by atoms with Gasteiger partial charge in [0, 0.05) is 22.2 Å². The van der Waals surface area contributed by atoms with Gasteiger partial charge in [-0.1, -0.05) is 0 Å². The third-order valence-electron chi connectivity index (χ3n) is 9.98. The molecule has 0 aromatic carbocycles. The summed E-state index contributed by atoms with van der Waals surface area (Å²) < 4.78 is 0. The van der Waals surface area contributed by atoms with Crippen LogP contribution in [0, 0.1) is 35.5 Å². The van der Waals surface area contributed by atoms with Crippen molar-refractivity contribution in [2.24, 2.45) is 35.5 Å². The van der Waals surface area contributed by atoms with Gasteiger partial charge in [-0.15, -0.1) is 0 Å². The second-order valence-electron chi connectivity index (χ2n) is 12.5. The first kappa shape index (κ1) is 18.0. The van der Waals surface area contributed by atoms with Crippen LogP contribution in [0.3, 0.4) is 0 Å². The van der Waals surface area contributed by atoms with Crippen molar-refractivity contribution in [3.05, 3.63) is 23.3 Å². The van der Waals surface area contributed by atoms with E-state index in [1.54, 1.807) is 0 Å². The first-order valence-electron chi connectivity index (χ1n) is 12.5. The lowest BCUT2D eigenvalue weighted by molar-refractivity contribution is -0.123. The molecule has 0 aromatic heterocycles. The molecular formula is C26H34N2O2. The molecule has 0 aliphatic heterocycles. The van der Waals surface area contributed by atoms with Crippen molar-refractivity contribution < 1.29 is 9.59 Å². The number of carbonyl (C=O) groups is 2. The minimum atomic E-state index is 0.0394. The lowest BCUT2D eigenvalue weighted by Gasteiger charge is -2.57. The Bertz CT molecular complexity index is 733. The maximum absolute atomic E-state index is 12.9. The van der Waals surface area contributed by atoms with Gasteiger partial charge in [0.25, 0.3) is 11.8 Å². The smallest absolute Gasteiger partial charge is 0.251 e. The summed E-state index contributed by atoms with van der Waals surface area (Å²) in [5.74, 6) is 5.03. The molecule has 0 spiro atoms. The van der Waals surface area contributed by atoms with Crippen LogP contribution < -0.4 is 10.6 Å². The Hall–Kier alpha value is -1.58. The zero-order valence-corrected chi connectivity index (χ0v) is 17.9. The van der Waals surface area contributed by atoms with Crippen LogP contribution >= 0.6 is 0 Å². The highest BCUT2D eigenvalue weighted by Crippen LogP contribution is 2.56. The van der Waals surface area contributed by atoms with E-state index in [0.717, 1.165) is 35.5 Å². The van der Waals surface area contributed by atoms with E-state index < -0.39 is 0 Å². The van der Waals surface area contributed by atoms with Gasteiger partial charge in [-0.2, -0.15) is 0 Å². The van der Waals surface area contributed by atoms with Gasteiger partial charge in [-0.05, 0) is 125 Å². The zero-order valence-electron chi connectivity index (χ0n) is 17.9. The Morgan fingerprint density at radius 1 is 0.567 bits per heavy atom. The van der Waals surface area contributed by atoms with E-state index in [9.17, 15) is 9.59 Å². The highest BCUT2D eigenvalue weighted by Gasteiger charge is 2.53. The molecule has 0 saturated heterocycles. The summed E-state index contributed by atoms with van der Waals surface area (Å²) in [5.41, 5.74) is 1.47. The van der Waals surface area contributed by atoms with Gasteiger partial charge in [0.05, 0.1) is 0 Å². The van der Waals surface area contributed by atoms with Crippen molar-refractivity contribution in [3.63, 3.8) is 0 Å². The Morgan fingerprint density at radius 3 is 1.10 bits per heavy atom. The van der Waals surface area contributed by atoms with E-state index in [1.165, 1.54) is 77.0 Å². The number of hydrogen-bond acceptors (Lipinski definition) is 2. The summed E-state index contributed by atoms with van der Waals surface area (Å²) in [6, 6.07) is 0. The van der Waals surface area contributed by atoms with Crippen LogP contribution in [-0.4, -0.2) is 22.9 Å². The van der Waals surface area contributed by atoms with E-state index in [4.69, 9.17) is 0 Å². The molecule has 160 valence electrons. The summed E-state index contributed by atoms with van der Waals surface area (Å²) in [6.45, 7) is 0. The molecule has 0 aromatic rings. The lowest BCUT2D eigenvalue weighted by Crippen LogP contribution is -2.60. The minimum absolute atomic E-state index is 0.0394. The standard InChI is InChI=1S/C26H34N2O2/c29-23(27-25-9-15-1-16(10-25)3-17(2-15)11-25)21-7-22(8-21)24(30)28-26-12-18-4-19(13-26)6-20(5-18)14-26/h7-8,15-20H,1-6,9-14H2,(H,27,29)(H,28,30). The van der Waals surface area contributed by atoms with E-state index in [2.05, 4.69) is 10.6 Å². The van der Waals surface area contributed by atoms with Gasteiger partial charge in [-0.3, -0.25) is 9.59 Å². The molecule has 9 aliphatic rings. The van der Waals surface area contributed by atoms with Crippen molar-refractivity contribution in [3.8, 4) is 0 Å². The molecule has 30 heavy (non-hydrogen) atoms. The average molecular weight is 407 g/mol. The van der Waals surface area contributed by atoms with Crippen molar-refractivity contribution in [2.75, 3.05) is 0 Å². The third-order valence-corrected chi connectivity index (χ3v) is 9.98.